The molecule has 8 heteroatoms. The van der Waals surface area contributed by atoms with Crippen LogP contribution in [-0.2, 0) is 11.4 Å². The molecule has 0 bridgehead atoms. The van der Waals surface area contributed by atoms with Gasteiger partial charge in [-0.15, -0.1) is 0 Å². The highest BCUT2D eigenvalue weighted by atomic mass is 79.9. The molecule has 0 aromatic heterocycles. The van der Waals surface area contributed by atoms with Crippen molar-refractivity contribution in [3.8, 4) is 17.6 Å². The molecule has 0 saturated carbocycles. The summed E-state index contributed by atoms with van der Waals surface area (Å²) in [4.78, 5) is 12.5. The Kier molecular flexibility index (Phi) is 7.87. The second-order valence-electron chi connectivity index (χ2n) is 6.54. The molecule has 0 aliphatic carbocycles. The fourth-order valence-electron chi connectivity index (χ4n) is 2.77. The lowest BCUT2D eigenvalue weighted by atomic mass is 10.1. The third-order valence-electron chi connectivity index (χ3n) is 4.37. The van der Waals surface area contributed by atoms with Crippen molar-refractivity contribution in [1.29, 1.82) is 5.26 Å². The molecule has 0 aliphatic heterocycles. The van der Waals surface area contributed by atoms with Crippen molar-refractivity contribution in [2.45, 2.75) is 6.61 Å². The second kappa shape index (κ2) is 10.8. The van der Waals surface area contributed by atoms with Crippen LogP contribution in [0.4, 0.5) is 10.1 Å². The summed E-state index contributed by atoms with van der Waals surface area (Å²) < 4.78 is 25.5. The Morgan fingerprint density at radius 1 is 1.19 bits per heavy atom. The Balaban J connectivity index is 1.83. The van der Waals surface area contributed by atoms with Crippen molar-refractivity contribution in [3.63, 3.8) is 0 Å². The number of amides is 1. The van der Waals surface area contributed by atoms with E-state index in [1.165, 1.54) is 19.3 Å². The van der Waals surface area contributed by atoms with Gasteiger partial charge in [-0.2, -0.15) is 5.26 Å². The number of rotatable bonds is 7. The van der Waals surface area contributed by atoms with Crippen LogP contribution in [-0.4, -0.2) is 13.0 Å². The Bertz CT molecular complexity index is 1220. The number of ether oxygens (including phenoxy) is 2. The summed E-state index contributed by atoms with van der Waals surface area (Å²) in [5.41, 5.74) is 1.28. The van der Waals surface area contributed by atoms with Crippen LogP contribution in [0.3, 0.4) is 0 Å². The van der Waals surface area contributed by atoms with E-state index in [0.717, 1.165) is 0 Å². The summed E-state index contributed by atoms with van der Waals surface area (Å²) in [6, 6.07) is 18.1. The van der Waals surface area contributed by atoms with Crippen molar-refractivity contribution in [3.05, 3.63) is 92.7 Å². The number of carbonyl (C=O) groups is 1. The monoisotopic (exact) mass is 514 g/mol. The van der Waals surface area contributed by atoms with Gasteiger partial charge < -0.3 is 14.8 Å². The first kappa shape index (κ1) is 23.3. The average Bonchev–Trinajstić information content (AvgIpc) is 2.77. The van der Waals surface area contributed by atoms with Crippen LogP contribution in [0.25, 0.3) is 6.08 Å². The molecule has 0 radical (unpaired) electrons. The molecule has 5 nitrogen and oxygen atoms in total. The summed E-state index contributed by atoms with van der Waals surface area (Å²) in [5, 5.41) is 12.6. The van der Waals surface area contributed by atoms with Gasteiger partial charge in [-0.1, -0.05) is 51.8 Å². The molecule has 3 rings (SSSR count). The quantitative estimate of drug-likeness (QED) is 0.293. The lowest BCUT2D eigenvalue weighted by Gasteiger charge is -2.13. The SMILES string of the molecule is COc1cc(/C=C(\C#N)C(=O)Nc2cccc(Cl)c2)c(Br)cc1OCc1ccccc1F. The van der Waals surface area contributed by atoms with Crippen LogP contribution in [0, 0.1) is 17.1 Å². The molecule has 0 atom stereocenters. The van der Waals surface area contributed by atoms with E-state index >= 15 is 0 Å². The summed E-state index contributed by atoms with van der Waals surface area (Å²) >= 11 is 9.35. The highest BCUT2D eigenvalue weighted by Gasteiger charge is 2.14. The zero-order valence-corrected chi connectivity index (χ0v) is 19.2. The molecule has 0 fully saturated rings. The minimum atomic E-state index is -0.583. The number of methoxy groups -OCH3 is 1. The zero-order valence-electron chi connectivity index (χ0n) is 16.9. The highest BCUT2D eigenvalue weighted by Crippen LogP contribution is 2.35. The fourth-order valence-corrected chi connectivity index (χ4v) is 3.40. The van der Waals surface area contributed by atoms with Crippen molar-refractivity contribution < 1.29 is 18.7 Å². The van der Waals surface area contributed by atoms with Gasteiger partial charge in [0.1, 0.15) is 24.1 Å². The van der Waals surface area contributed by atoms with E-state index in [4.69, 9.17) is 21.1 Å². The van der Waals surface area contributed by atoms with Crippen molar-refractivity contribution in [1.82, 2.24) is 0 Å². The van der Waals surface area contributed by atoms with Gasteiger partial charge in [0.25, 0.3) is 5.91 Å². The minimum absolute atomic E-state index is 0.0101. The number of benzene rings is 3. The molecule has 0 heterocycles. The number of nitrogens with one attached hydrogen (secondary N) is 1. The van der Waals surface area contributed by atoms with Gasteiger partial charge in [-0.3, -0.25) is 4.79 Å². The lowest BCUT2D eigenvalue weighted by Crippen LogP contribution is -2.13. The Labute approximate surface area is 198 Å². The number of hydrogen-bond donors (Lipinski definition) is 1. The van der Waals surface area contributed by atoms with Gasteiger partial charge in [0, 0.05) is 20.7 Å². The van der Waals surface area contributed by atoms with Crippen LogP contribution in [0.15, 0.2) is 70.7 Å². The minimum Gasteiger partial charge on any atom is -0.493 e. The smallest absolute Gasteiger partial charge is 0.266 e. The van der Waals surface area contributed by atoms with E-state index < -0.39 is 5.91 Å². The van der Waals surface area contributed by atoms with Crippen LogP contribution >= 0.6 is 27.5 Å². The summed E-state index contributed by atoms with van der Waals surface area (Å²) in [5.74, 6) is -0.208. The topological polar surface area (TPSA) is 71.3 Å². The molecular formula is C24H17BrClFN2O3. The molecule has 162 valence electrons. The normalized spacial score (nSPS) is 10.9. The fraction of sp³-hybridized carbons (Fsp3) is 0.0833. The average molecular weight is 516 g/mol. The first-order valence-corrected chi connectivity index (χ1v) is 10.5. The zero-order chi connectivity index (χ0) is 23.1. The van der Waals surface area contributed by atoms with Crippen molar-refractivity contribution in [2.24, 2.45) is 0 Å². The number of nitrogens with zero attached hydrogens (tertiary/aromatic N) is 1. The van der Waals surface area contributed by atoms with Crippen LogP contribution in [0.2, 0.25) is 5.02 Å². The summed E-state index contributed by atoms with van der Waals surface area (Å²) in [6.07, 6.45) is 1.42. The van der Waals surface area contributed by atoms with Crippen LogP contribution in [0.1, 0.15) is 11.1 Å². The van der Waals surface area contributed by atoms with E-state index in [1.807, 2.05) is 6.07 Å². The van der Waals surface area contributed by atoms with Crippen LogP contribution < -0.4 is 14.8 Å². The van der Waals surface area contributed by atoms with E-state index in [1.54, 1.807) is 54.6 Å². The standard InChI is InChI=1S/C24H17BrClFN2O3/c1-31-22-10-16(9-17(13-28)24(30)29-19-7-4-6-18(26)11-19)20(25)12-23(22)32-14-15-5-2-3-8-21(15)27/h2-12H,14H2,1H3,(H,29,30)/b17-9+. The van der Waals surface area contributed by atoms with Gasteiger partial charge in [-0.05, 0) is 48.0 Å². The van der Waals surface area contributed by atoms with Gasteiger partial charge >= 0.3 is 0 Å². The third-order valence-corrected chi connectivity index (χ3v) is 5.29. The van der Waals surface area contributed by atoms with Crippen molar-refractivity contribution in [2.75, 3.05) is 12.4 Å². The Morgan fingerprint density at radius 2 is 1.97 bits per heavy atom. The predicted molar refractivity (Wildman–Crippen MR) is 125 cm³/mol. The molecule has 0 aliphatic rings. The Hall–Kier alpha value is -3.34. The molecule has 3 aromatic carbocycles. The number of anilines is 1. The first-order chi connectivity index (χ1) is 15.4. The molecule has 0 saturated heterocycles. The van der Waals surface area contributed by atoms with Gasteiger partial charge in [0.05, 0.1) is 7.11 Å². The van der Waals surface area contributed by atoms with E-state index in [0.29, 0.717) is 37.8 Å². The predicted octanol–water partition coefficient (Wildman–Crippen LogP) is 6.37. The number of hydrogen-bond acceptors (Lipinski definition) is 4. The van der Waals surface area contributed by atoms with E-state index in [9.17, 15) is 14.4 Å². The van der Waals surface area contributed by atoms with Crippen molar-refractivity contribution >= 4 is 45.2 Å². The van der Waals surface area contributed by atoms with Gasteiger partial charge in [0.2, 0.25) is 0 Å². The molecule has 1 N–H and O–H groups in total. The summed E-state index contributed by atoms with van der Waals surface area (Å²) in [6.45, 7) is 0.0101. The maximum absolute atomic E-state index is 13.9. The largest absolute Gasteiger partial charge is 0.493 e. The van der Waals surface area contributed by atoms with E-state index in [-0.39, 0.29) is 18.0 Å². The first-order valence-electron chi connectivity index (χ1n) is 9.33. The maximum atomic E-state index is 13.9. The third kappa shape index (κ3) is 5.88. The highest BCUT2D eigenvalue weighted by molar-refractivity contribution is 9.10. The molecule has 0 spiro atoms. The number of carbonyl (C=O) groups excluding carboxylic acids is 1. The van der Waals surface area contributed by atoms with Gasteiger partial charge in [-0.25, -0.2) is 4.39 Å². The maximum Gasteiger partial charge on any atom is 0.266 e. The molecule has 1 amide bonds. The molecule has 3 aromatic rings. The number of nitriles is 1. The number of halogens is 3. The molecule has 0 unspecified atom stereocenters. The molecular weight excluding hydrogens is 499 g/mol. The second-order valence-corrected chi connectivity index (χ2v) is 7.83. The molecule has 32 heavy (non-hydrogen) atoms. The van der Waals surface area contributed by atoms with Crippen LogP contribution in [0.5, 0.6) is 11.5 Å². The van der Waals surface area contributed by atoms with E-state index in [2.05, 4.69) is 21.2 Å². The Morgan fingerprint density at radius 3 is 2.66 bits per heavy atom. The van der Waals surface area contributed by atoms with Gasteiger partial charge in [0.15, 0.2) is 11.5 Å². The lowest BCUT2D eigenvalue weighted by molar-refractivity contribution is -0.112. The summed E-state index contributed by atoms with van der Waals surface area (Å²) in [7, 11) is 1.46.